The molecule has 0 saturated heterocycles. The molecule has 0 aliphatic carbocycles. The van der Waals surface area contributed by atoms with Gasteiger partial charge in [0.05, 0.1) is 11.9 Å². The fraction of sp³-hybridized carbons (Fsp3) is 0.500. The molecule has 0 saturated carbocycles. The lowest BCUT2D eigenvalue weighted by atomic mass is 10.1. The summed E-state index contributed by atoms with van der Waals surface area (Å²) in [4.78, 5) is 0. The van der Waals surface area contributed by atoms with Gasteiger partial charge in [-0.2, -0.15) is 0 Å². The van der Waals surface area contributed by atoms with Gasteiger partial charge < -0.3 is 9.47 Å². The molecule has 3 heteroatoms. The van der Waals surface area contributed by atoms with Gasteiger partial charge >= 0.3 is 0 Å². The van der Waals surface area contributed by atoms with Crippen LogP contribution in [0.2, 0.25) is 0 Å². The highest BCUT2D eigenvalue weighted by molar-refractivity contribution is 14.1. The van der Waals surface area contributed by atoms with Gasteiger partial charge in [-0.3, -0.25) is 0 Å². The lowest BCUT2D eigenvalue weighted by Crippen LogP contribution is -2.12. The summed E-state index contributed by atoms with van der Waals surface area (Å²) in [6.45, 7) is 6.97. The molecule has 0 heterocycles. The van der Waals surface area contributed by atoms with Crippen LogP contribution in [0.15, 0.2) is 35.6 Å². The molecule has 1 atom stereocenters. The van der Waals surface area contributed by atoms with E-state index in [1.807, 2.05) is 0 Å². The number of hydrogen-bond donors (Lipinski definition) is 0. The Morgan fingerprint density at radius 2 is 2.00 bits per heavy atom. The summed E-state index contributed by atoms with van der Waals surface area (Å²) in [7, 11) is 1.74. The molecule has 1 aromatic rings. The van der Waals surface area contributed by atoms with Crippen molar-refractivity contribution in [2.75, 3.05) is 7.11 Å². The topological polar surface area (TPSA) is 18.5 Å². The van der Waals surface area contributed by atoms with E-state index in [2.05, 4.69) is 67.6 Å². The summed E-state index contributed by atoms with van der Waals surface area (Å²) in [5.74, 6) is 1.07. The van der Waals surface area contributed by atoms with Crippen LogP contribution in [0, 0.1) is 3.57 Å². The highest BCUT2D eigenvalue weighted by Gasteiger charge is 2.12. The van der Waals surface area contributed by atoms with E-state index in [1.165, 1.54) is 14.7 Å². The molecule has 1 rings (SSSR count). The maximum atomic E-state index is 6.00. The molecule has 0 amide bonds. The van der Waals surface area contributed by atoms with Gasteiger partial charge in [0, 0.05) is 17.1 Å². The molecular formula is C16H23IO2. The number of methoxy groups -OCH3 is 1. The number of rotatable bonds is 7. The van der Waals surface area contributed by atoms with Gasteiger partial charge in [0.2, 0.25) is 0 Å². The first-order chi connectivity index (χ1) is 9.12. The average Bonchev–Trinajstić information content (AvgIpc) is 2.42. The lowest BCUT2D eigenvalue weighted by Gasteiger charge is -2.19. The molecule has 106 valence electrons. The maximum Gasteiger partial charge on any atom is 0.113 e. The van der Waals surface area contributed by atoms with E-state index in [1.54, 1.807) is 7.11 Å². The van der Waals surface area contributed by atoms with E-state index in [-0.39, 0.29) is 6.10 Å². The summed E-state index contributed by atoms with van der Waals surface area (Å²) >= 11 is 2.32. The monoisotopic (exact) mass is 374 g/mol. The maximum absolute atomic E-state index is 6.00. The van der Waals surface area contributed by atoms with Gasteiger partial charge in [-0.15, -0.1) is 0 Å². The second-order valence-corrected chi connectivity index (χ2v) is 5.70. The van der Waals surface area contributed by atoms with Crippen LogP contribution >= 0.6 is 22.6 Å². The highest BCUT2D eigenvalue weighted by atomic mass is 127. The van der Waals surface area contributed by atoms with Gasteiger partial charge in [0.25, 0.3) is 0 Å². The Hall–Kier alpha value is -0.550. The molecule has 0 radical (unpaired) electrons. The van der Waals surface area contributed by atoms with E-state index in [0.29, 0.717) is 6.61 Å². The summed E-state index contributed by atoms with van der Waals surface area (Å²) in [5.41, 5.74) is 2.47. The molecule has 0 spiro atoms. The summed E-state index contributed by atoms with van der Waals surface area (Å²) in [6.07, 6.45) is 1.99. The van der Waals surface area contributed by atoms with Crippen LogP contribution in [0.3, 0.4) is 0 Å². The fourth-order valence-corrected chi connectivity index (χ4v) is 2.68. The van der Waals surface area contributed by atoms with Gasteiger partial charge in [0.1, 0.15) is 6.61 Å². The second kappa shape index (κ2) is 8.59. The van der Waals surface area contributed by atoms with Crippen molar-refractivity contribution < 1.29 is 9.47 Å². The fourth-order valence-electron chi connectivity index (χ4n) is 2.07. The van der Waals surface area contributed by atoms with Gasteiger partial charge in [-0.05, 0) is 59.2 Å². The smallest absolute Gasteiger partial charge is 0.113 e. The first-order valence-corrected chi connectivity index (χ1v) is 7.82. The standard InChI is InChI=1S/C16H23IO2/c1-5-15(12(3)18-4)16(6-2)19-11-13-8-7-9-14(17)10-13/h7-10,12H,5-6,11H2,1-4H3/t12-/m0/s1. The quantitative estimate of drug-likeness (QED) is 0.498. The average molecular weight is 374 g/mol. The van der Waals surface area contributed by atoms with Crippen molar-refractivity contribution in [3.05, 3.63) is 44.7 Å². The van der Waals surface area contributed by atoms with E-state index >= 15 is 0 Å². The molecule has 0 N–H and O–H groups in total. The van der Waals surface area contributed by atoms with Crippen LogP contribution in [-0.2, 0) is 16.1 Å². The first-order valence-electron chi connectivity index (χ1n) is 6.74. The van der Waals surface area contributed by atoms with Crippen molar-refractivity contribution in [3.8, 4) is 0 Å². The third-order valence-electron chi connectivity index (χ3n) is 3.21. The molecule has 0 bridgehead atoms. The Kier molecular flexibility index (Phi) is 7.46. The third-order valence-corrected chi connectivity index (χ3v) is 3.88. The molecule has 0 aliphatic rings. The van der Waals surface area contributed by atoms with Crippen LogP contribution < -0.4 is 0 Å². The number of benzene rings is 1. The van der Waals surface area contributed by atoms with Crippen molar-refractivity contribution in [1.29, 1.82) is 0 Å². The van der Waals surface area contributed by atoms with E-state index in [4.69, 9.17) is 9.47 Å². The third kappa shape index (κ3) is 5.15. The molecular weight excluding hydrogens is 351 g/mol. The van der Waals surface area contributed by atoms with Crippen LogP contribution in [0.5, 0.6) is 0 Å². The van der Waals surface area contributed by atoms with Crippen LogP contribution in [0.1, 0.15) is 39.2 Å². The predicted molar refractivity (Wildman–Crippen MR) is 88.0 cm³/mol. The molecule has 0 aliphatic heterocycles. The van der Waals surface area contributed by atoms with Crippen LogP contribution in [0.25, 0.3) is 0 Å². The minimum absolute atomic E-state index is 0.121. The SMILES string of the molecule is CCC(OCc1cccc(I)c1)=C(CC)[C@H](C)OC. The van der Waals surface area contributed by atoms with Crippen molar-refractivity contribution in [1.82, 2.24) is 0 Å². The Bertz CT molecular complexity index is 427. The largest absolute Gasteiger partial charge is 0.493 e. The molecule has 0 aromatic heterocycles. The Labute approximate surface area is 130 Å². The van der Waals surface area contributed by atoms with Crippen molar-refractivity contribution in [2.24, 2.45) is 0 Å². The summed E-state index contributed by atoms with van der Waals surface area (Å²) in [5, 5.41) is 0. The zero-order chi connectivity index (χ0) is 14.3. The number of hydrogen-bond acceptors (Lipinski definition) is 2. The lowest BCUT2D eigenvalue weighted by molar-refractivity contribution is 0.126. The number of ether oxygens (including phenoxy) is 2. The molecule has 0 unspecified atom stereocenters. The van der Waals surface area contributed by atoms with Gasteiger partial charge in [-0.1, -0.05) is 26.0 Å². The number of halogens is 1. The van der Waals surface area contributed by atoms with Gasteiger partial charge in [-0.25, -0.2) is 0 Å². The van der Waals surface area contributed by atoms with Crippen molar-refractivity contribution >= 4 is 22.6 Å². The minimum atomic E-state index is 0.121. The van der Waals surface area contributed by atoms with Gasteiger partial charge in [0.15, 0.2) is 0 Å². The highest BCUT2D eigenvalue weighted by Crippen LogP contribution is 2.21. The molecule has 0 fully saturated rings. The van der Waals surface area contributed by atoms with Crippen molar-refractivity contribution in [2.45, 2.75) is 46.3 Å². The minimum Gasteiger partial charge on any atom is -0.493 e. The normalized spacial score (nSPS) is 13.9. The van der Waals surface area contributed by atoms with Crippen LogP contribution in [-0.4, -0.2) is 13.2 Å². The summed E-state index contributed by atoms with van der Waals surface area (Å²) < 4.78 is 12.7. The zero-order valence-corrected chi connectivity index (χ0v) is 14.4. The first kappa shape index (κ1) is 16.5. The zero-order valence-electron chi connectivity index (χ0n) is 12.2. The molecule has 1 aromatic carbocycles. The van der Waals surface area contributed by atoms with E-state index < -0.39 is 0 Å². The summed E-state index contributed by atoms with van der Waals surface area (Å²) in [6, 6.07) is 8.40. The van der Waals surface area contributed by atoms with Crippen molar-refractivity contribution in [3.63, 3.8) is 0 Å². The molecule has 2 nitrogen and oxygen atoms in total. The molecule has 19 heavy (non-hydrogen) atoms. The predicted octanol–water partition coefficient (Wildman–Crippen LogP) is 4.92. The second-order valence-electron chi connectivity index (χ2n) is 4.45. The van der Waals surface area contributed by atoms with E-state index in [9.17, 15) is 0 Å². The Morgan fingerprint density at radius 3 is 2.53 bits per heavy atom. The number of allylic oxidation sites excluding steroid dienone is 1. The van der Waals surface area contributed by atoms with Crippen LogP contribution in [0.4, 0.5) is 0 Å². The Morgan fingerprint density at radius 1 is 1.26 bits per heavy atom. The van der Waals surface area contributed by atoms with E-state index in [0.717, 1.165) is 18.6 Å². The Balaban J connectivity index is 2.78.